The van der Waals surface area contributed by atoms with E-state index >= 15 is 0 Å². The second kappa shape index (κ2) is 4.45. The molecular formula is C10H12BrClO. The van der Waals surface area contributed by atoms with Crippen LogP contribution >= 0.6 is 27.5 Å². The lowest BCUT2D eigenvalue weighted by atomic mass is 9.99. The minimum absolute atomic E-state index is 0.190. The van der Waals surface area contributed by atoms with Gasteiger partial charge < -0.3 is 5.11 Å². The van der Waals surface area contributed by atoms with Crippen molar-refractivity contribution in [2.24, 2.45) is 5.92 Å². The van der Waals surface area contributed by atoms with E-state index in [2.05, 4.69) is 15.9 Å². The van der Waals surface area contributed by atoms with E-state index in [1.54, 1.807) is 12.1 Å². The van der Waals surface area contributed by atoms with Crippen LogP contribution in [0.2, 0.25) is 5.02 Å². The molecule has 0 aromatic heterocycles. The molecule has 72 valence electrons. The molecule has 13 heavy (non-hydrogen) atoms. The third-order valence-electron chi connectivity index (χ3n) is 1.91. The Morgan fingerprint density at radius 1 is 1.38 bits per heavy atom. The van der Waals surface area contributed by atoms with Gasteiger partial charge in [0.2, 0.25) is 0 Å². The number of halogens is 2. The van der Waals surface area contributed by atoms with Crippen molar-refractivity contribution in [2.75, 3.05) is 0 Å². The topological polar surface area (TPSA) is 20.2 Å². The lowest BCUT2D eigenvalue weighted by Crippen LogP contribution is -2.05. The Morgan fingerprint density at radius 3 is 2.54 bits per heavy atom. The van der Waals surface area contributed by atoms with Gasteiger partial charge >= 0.3 is 0 Å². The van der Waals surface area contributed by atoms with Crippen molar-refractivity contribution < 1.29 is 5.11 Å². The van der Waals surface area contributed by atoms with Crippen molar-refractivity contribution in [3.05, 3.63) is 33.3 Å². The maximum Gasteiger partial charge on any atom is 0.0824 e. The number of aliphatic hydroxyl groups is 1. The van der Waals surface area contributed by atoms with E-state index in [4.69, 9.17) is 11.6 Å². The second-order valence-electron chi connectivity index (χ2n) is 3.35. The summed E-state index contributed by atoms with van der Waals surface area (Å²) in [6, 6.07) is 5.43. The fraction of sp³-hybridized carbons (Fsp3) is 0.400. The minimum Gasteiger partial charge on any atom is -0.388 e. The second-order valence-corrected chi connectivity index (χ2v) is 4.65. The maximum absolute atomic E-state index is 9.81. The van der Waals surface area contributed by atoms with Gasteiger partial charge in [0.1, 0.15) is 0 Å². The number of hydrogen-bond donors (Lipinski definition) is 1. The van der Waals surface area contributed by atoms with E-state index in [9.17, 15) is 5.11 Å². The monoisotopic (exact) mass is 262 g/mol. The Labute approximate surface area is 91.9 Å². The first-order valence-electron chi connectivity index (χ1n) is 4.15. The average Bonchev–Trinajstić information content (AvgIpc) is 2.08. The van der Waals surface area contributed by atoms with Gasteiger partial charge in [-0.25, -0.2) is 0 Å². The first-order chi connectivity index (χ1) is 6.02. The summed E-state index contributed by atoms with van der Waals surface area (Å²) >= 11 is 9.21. The average molecular weight is 264 g/mol. The zero-order valence-corrected chi connectivity index (χ0v) is 9.93. The van der Waals surface area contributed by atoms with Crippen LogP contribution in [-0.4, -0.2) is 5.11 Å². The molecule has 1 N–H and O–H groups in total. The van der Waals surface area contributed by atoms with E-state index in [-0.39, 0.29) is 5.92 Å². The van der Waals surface area contributed by atoms with Crippen LogP contribution in [0, 0.1) is 5.92 Å². The molecule has 1 aromatic carbocycles. The van der Waals surface area contributed by atoms with Crippen LogP contribution in [0.5, 0.6) is 0 Å². The largest absolute Gasteiger partial charge is 0.388 e. The van der Waals surface area contributed by atoms with Crippen LogP contribution in [0.4, 0.5) is 0 Å². The molecule has 1 aromatic rings. The summed E-state index contributed by atoms with van der Waals surface area (Å²) in [7, 11) is 0. The quantitative estimate of drug-likeness (QED) is 0.861. The van der Waals surface area contributed by atoms with E-state index in [1.165, 1.54) is 0 Å². The molecule has 0 radical (unpaired) electrons. The predicted molar refractivity (Wildman–Crippen MR) is 58.9 cm³/mol. The van der Waals surface area contributed by atoms with Crippen LogP contribution in [-0.2, 0) is 0 Å². The molecule has 1 atom stereocenters. The minimum atomic E-state index is -0.465. The molecule has 0 amide bonds. The first kappa shape index (κ1) is 11.0. The molecule has 0 fully saturated rings. The van der Waals surface area contributed by atoms with Gasteiger partial charge in [-0.05, 0) is 29.7 Å². The molecule has 1 nitrogen and oxygen atoms in total. The van der Waals surface area contributed by atoms with Gasteiger partial charge in [0.15, 0.2) is 0 Å². The van der Waals surface area contributed by atoms with Crippen LogP contribution in [0.1, 0.15) is 25.5 Å². The van der Waals surface area contributed by atoms with Crippen LogP contribution in [0.3, 0.4) is 0 Å². The van der Waals surface area contributed by atoms with Crippen molar-refractivity contribution in [1.82, 2.24) is 0 Å². The summed E-state index contributed by atoms with van der Waals surface area (Å²) in [6.07, 6.45) is -0.465. The Morgan fingerprint density at radius 2 is 2.00 bits per heavy atom. The van der Waals surface area contributed by atoms with E-state index in [0.717, 1.165) is 10.0 Å². The number of aliphatic hydroxyl groups excluding tert-OH is 1. The summed E-state index contributed by atoms with van der Waals surface area (Å²) < 4.78 is 0.901. The van der Waals surface area contributed by atoms with Crippen molar-refractivity contribution in [3.8, 4) is 0 Å². The molecule has 0 spiro atoms. The van der Waals surface area contributed by atoms with Crippen LogP contribution in [0.25, 0.3) is 0 Å². The molecule has 3 heteroatoms. The number of rotatable bonds is 2. The summed E-state index contributed by atoms with van der Waals surface area (Å²) in [5.41, 5.74) is 0.850. The van der Waals surface area contributed by atoms with Gasteiger partial charge in [-0.3, -0.25) is 0 Å². The fourth-order valence-corrected chi connectivity index (χ4v) is 1.76. The van der Waals surface area contributed by atoms with Gasteiger partial charge in [0.25, 0.3) is 0 Å². The van der Waals surface area contributed by atoms with Crippen molar-refractivity contribution >= 4 is 27.5 Å². The lowest BCUT2D eigenvalue weighted by molar-refractivity contribution is 0.126. The third kappa shape index (κ3) is 2.70. The van der Waals surface area contributed by atoms with E-state index < -0.39 is 6.10 Å². The fourth-order valence-electron chi connectivity index (χ4n) is 1.10. The number of hydrogen-bond acceptors (Lipinski definition) is 1. The van der Waals surface area contributed by atoms with Gasteiger partial charge in [0.05, 0.1) is 6.10 Å². The maximum atomic E-state index is 9.81. The summed E-state index contributed by atoms with van der Waals surface area (Å²) in [6.45, 7) is 3.94. The van der Waals surface area contributed by atoms with E-state index in [0.29, 0.717) is 5.02 Å². The highest BCUT2D eigenvalue weighted by molar-refractivity contribution is 9.10. The Kier molecular flexibility index (Phi) is 3.77. The molecule has 0 aliphatic carbocycles. The molecule has 0 unspecified atom stereocenters. The standard InChI is InChI=1S/C10H12BrClO/c1-6(2)10(13)8-5-7(12)3-4-9(8)11/h3-6,10,13H,1-2H3/t10-/m0/s1. The van der Waals surface area contributed by atoms with Crippen molar-refractivity contribution in [3.63, 3.8) is 0 Å². The van der Waals surface area contributed by atoms with Gasteiger partial charge in [0, 0.05) is 9.50 Å². The molecule has 0 bridgehead atoms. The molecule has 0 aliphatic rings. The predicted octanol–water partition coefficient (Wildman–Crippen LogP) is 3.79. The highest BCUT2D eigenvalue weighted by atomic mass is 79.9. The molecule has 1 rings (SSSR count). The molecule has 0 heterocycles. The van der Waals surface area contributed by atoms with Crippen molar-refractivity contribution in [2.45, 2.75) is 20.0 Å². The van der Waals surface area contributed by atoms with Gasteiger partial charge in [-0.2, -0.15) is 0 Å². The Hall–Kier alpha value is -0.0500. The summed E-state index contributed by atoms with van der Waals surface area (Å²) in [4.78, 5) is 0. The highest BCUT2D eigenvalue weighted by Gasteiger charge is 2.15. The summed E-state index contributed by atoms with van der Waals surface area (Å²) in [5.74, 6) is 0.190. The smallest absolute Gasteiger partial charge is 0.0824 e. The van der Waals surface area contributed by atoms with Crippen molar-refractivity contribution in [1.29, 1.82) is 0 Å². The van der Waals surface area contributed by atoms with Gasteiger partial charge in [-0.15, -0.1) is 0 Å². The SMILES string of the molecule is CC(C)[C@H](O)c1cc(Cl)ccc1Br. The third-order valence-corrected chi connectivity index (χ3v) is 2.87. The molecule has 0 saturated heterocycles. The highest BCUT2D eigenvalue weighted by Crippen LogP contribution is 2.30. The normalized spacial score (nSPS) is 13.4. The van der Waals surface area contributed by atoms with Crippen LogP contribution in [0.15, 0.2) is 22.7 Å². The Balaban J connectivity index is 3.05. The van der Waals surface area contributed by atoms with Gasteiger partial charge in [-0.1, -0.05) is 41.4 Å². The number of benzene rings is 1. The zero-order chi connectivity index (χ0) is 10.0. The molecule has 0 aliphatic heterocycles. The van der Waals surface area contributed by atoms with Crippen LogP contribution < -0.4 is 0 Å². The summed E-state index contributed by atoms with van der Waals surface area (Å²) in [5, 5.41) is 10.5. The molecule has 0 saturated carbocycles. The van der Waals surface area contributed by atoms with E-state index in [1.807, 2.05) is 19.9 Å². The molecular weight excluding hydrogens is 251 g/mol. The lowest BCUT2D eigenvalue weighted by Gasteiger charge is -2.16. The first-order valence-corrected chi connectivity index (χ1v) is 5.32. The Bertz CT molecular complexity index is 299. The zero-order valence-electron chi connectivity index (χ0n) is 7.59.